The Labute approximate surface area is 190 Å². The fourth-order valence-electron chi connectivity index (χ4n) is 3.70. The van der Waals surface area contributed by atoms with Crippen molar-refractivity contribution in [1.29, 1.82) is 0 Å². The Kier molecular flexibility index (Phi) is 8.54. The average Bonchev–Trinajstić information content (AvgIpc) is 2.79. The lowest BCUT2D eigenvalue weighted by molar-refractivity contribution is -0.132. The third-order valence-electron chi connectivity index (χ3n) is 5.89. The van der Waals surface area contributed by atoms with E-state index < -0.39 is 0 Å². The quantitative estimate of drug-likeness (QED) is 0.602. The summed E-state index contributed by atoms with van der Waals surface area (Å²) in [4.78, 5) is 26.6. The minimum absolute atomic E-state index is 0.00261. The van der Waals surface area contributed by atoms with Crippen molar-refractivity contribution in [2.75, 3.05) is 26.3 Å². The van der Waals surface area contributed by atoms with Crippen LogP contribution in [0.3, 0.4) is 0 Å². The van der Waals surface area contributed by atoms with Gasteiger partial charge in [-0.2, -0.15) is 0 Å². The van der Waals surface area contributed by atoms with E-state index >= 15 is 0 Å². The number of amides is 2. The van der Waals surface area contributed by atoms with Gasteiger partial charge in [0.05, 0.1) is 6.61 Å². The van der Waals surface area contributed by atoms with Crippen molar-refractivity contribution < 1.29 is 19.1 Å². The Morgan fingerprint density at radius 1 is 0.938 bits per heavy atom. The fourth-order valence-corrected chi connectivity index (χ4v) is 3.70. The lowest BCUT2D eigenvalue weighted by Gasteiger charge is -2.32. The van der Waals surface area contributed by atoms with Gasteiger partial charge in [0.1, 0.15) is 11.5 Å². The van der Waals surface area contributed by atoms with Crippen LogP contribution in [0, 0.1) is 20.8 Å². The van der Waals surface area contributed by atoms with Crippen LogP contribution < -0.4 is 14.8 Å². The van der Waals surface area contributed by atoms with Gasteiger partial charge in [-0.05, 0) is 75.4 Å². The van der Waals surface area contributed by atoms with E-state index in [1.54, 1.807) is 0 Å². The third kappa shape index (κ3) is 7.29. The van der Waals surface area contributed by atoms with Crippen molar-refractivity contribution in [3.63, 3.8) is 0 Å². The molecular weight excluding hydrogens is 404 g/mol. The molecule has 1 fully saturated rings. The van der Waals surface area contributed by atoms with Crippen LogP contribution in [-0.2, 0) is 9.59 Å². The first kappa shape index (κ1) is 23.6. The summed E-state index contributed by atoms with van der Waals surface area (Å²) in [5.74, 6) is 1.57. The van der Waals surface area contributed by atoms with E-state index in [0.29, 0.717) is 38.3 Å². The van der Waals surface area contributed by atoms with Crippen LogP contribution in [0.1, 0.15) is 42.4 Å². The van der Waals surface area contributed by atoms with Crippen LogP contribution >= 0.6 is 0 Å². The smallest absolute Gasteiger partial charge is 0.258 e. The van der Waals surface area contributed by atoms with Crippen LogP contribution in [0.4, 0.5) is 0 Å². The average molecular weight is 439 g/mol. The molecule has 1 N–H and O–H groups in total. The molecule has 1 aliphatic heterocycles. The van der Waals surface area contributed by atoms with Crippen molar-refractivity contribution >= 4 is 11.8 Å². The molecule has 1 saturated heterocycles. The highest BCUT2D eigenvalue weighted by molar-refractivity contribution is 5.78. The predicted octanol–water partition coefficient (Wildman–Crippen LogP) is 3.96. The van der Waals surface area contributed by atoms with Crippen molar-refractivity contribution in [2.45, 2.75) is 52.5 Å². The number of carbonyl (C=O) groups is 2. The summed E-state index contributed by atoms with van der Waals surface area (Å²) in [5.41, 5.74) is 3.53. The van der Waals surface area contributed by atoms with Crippen LogP contribution in [0.5, 0.6) is 11.5 Å². The number of aryl methyl sites for hydroxylation is 3. The van der Waals surface area contributed by atoms with E-state index in [2.05, 4.69) is 5.32 Å². The van der Waals surface area contributed by atoms with Crippen molar-refractivity contribution in [3.8, 4) is 11.5 Å². The molecule has 172 valence electrons. The number of nitrogens with zero attached hydrogens (tertiary/aromatic N) is 1. The molecule has 2 aromatic carbocycles. The summed E-state index contributed by atoms with van der Waals surface area (Å²) < 4.78 is 11.3. The van der Waals surface area contributed by atoms with E-state index in [0.717, 1.165) is 24.2 Å². The minimum atomic E-state index is -0.124. The van der Waals surface area contributed by atoms with Gasteiger partial charge in [0.25, 0.3) is 5.91 Å². The molecule has 3 rings (SSSR count). The molecule has 6 heteroatoms. The number of rotatable bonds is 9. The van der Waals surface area contributed by atoms with Crippen LogP contribution in [0.15, 0.2) is 42.5 Å². The molecule has 0 saturated carbocycles. The van der Waals surface area contributed by atoms with Gasteiger partial charge in [-0.1, -0.05) is 23.8 Å². The Hall–Kier alpha value is -3.02. The molecule has 0 bridgehead atoms. The lowest BCUT2D eigenvalue weighted by Crippen LogP contribution is -2.47. The maximum Gasteiger partial charge on any atom is 0.258 e. The van der Waals surface area contributed by atoms with Crippen molar-refractivity contribution in [2.24, 2.45) is 0 Å². The van der Waals surface area contributed by atoms with E-state index in [1.807, 2.05) is 68.1 Å². The first-order chi connectivity index (χ1) is 15.4. The molecule has 1 heterocycles. The second kappa shape index (κ2) is 11.6. The Morgan fingerprint density at radius 3 is 2.31 bits per heavy atom. The van der Waals surface area contributed by atoms with Gasteiger partial charge in [0.2, 0.25) is 5.91 Å². The molecule has 6 nitrogen and oxygen atoms in total. The van der Waals surface area contributed by atoms with Crippen LogP contribution in [0.25, 0.3) is 0 Å². The second-order valence-corrected chi connectivity index (χ2v) is 8.52. The maximum absolute atomic E-state index is 12.5. The van der Waals surface area contributed by atoms with Gasteiger partial charge in [-0.25, -0.2) is 0 Å². The number of ether oxygens (including phenoxy) is 2. The first-order valence-electron chi connectivity index (χ1n) is 11.4. The maximum atomic E-state index is 12.5. The van der Waals surface area contributed by atoms with Gasteiger partial charge in [0, 0.05) is 25.6 Å². The minimum Gasteiger partial charge on any atom is -0.494 e. The molecular formula is C26H34N2O4. The summed E-state index contributed by atoms with van der Waals surface area (Å²) in [5, 5.41) is 3.03. The molecule has 0 radical (unpaired) electrons. The molecule has 0 aromatic heterocycles. The molecule has 32 heavy (non-hydrogen) atoms. The topological polar surface area (TPSA) is 67.9 Å². The molecule has 1 aliphatic rings. The number of hydrogen-bond donors (Lipinski definition) is 1. The Bertz CT molecular complexity index is 903. The molecule has 0 aliphatic carbocycles. The molecule has 0 spiro atoms. The number of hydrogen-bond acceptors (Lipinski definition) is 4. The zero-order valence-electron chi connectivity index (χ0n) is 19.4. The zero-order chi connectivity index (χ0) is 22.9. The zero-order valence-corrected chi connectivity index (χ0v) is 19.4. The van der Waals surface area contributed by atoms with Gasteiger partial charge >= 0.3 is 0 Å². The van der Waals surface area contributed by atoms with Gasteiger partial charge in [-0.15, -0.1) is 0 Å². The van der Waals surface area contributed by atoms with E-state index in [9.17, 15) is 9.59 Å². The van der Waals surface area contributed by atoms with Crippen molar-refractivity contribution in [3.05, 3.63) is 59.2 Å². The monoisotopic (exact) mass is 438 g/mol. The van der Waals surface area contributed by atoms with Crippen molar-refractivity contribution in [1.82, 2.24) is 10.2 Å². The van der Waals surface area contributed by atoms with Crippen LogP contribution in [0.2, 0.25) is 0 Å². The molecule has 0 atom stereocenters. The second-order valence-electron chi connectivity index (χ2n) is 8.52. The van der Waals surface area contributed by atoms with Crippen LogP contribution in [-0.4, -0.2) is 49.1 Å². The summed E-state index contributed by atoms with van der Waals surface area (Å²) in [6.45, 7) is 7.97. The van der Waals surface area contributed by atoms with Gasteiger partial charge in [-0.3, -0.25) is 9.59 Å². The summed E-state index contributed by atoms with van der Waals surface area (Å²) >= 11 is 0. The molecule has 2 aromatic rings. The van der Waals surface area contributed by atoms with Gasteiger partial charge in [0.15, 0.2) is 6.61 Å². The predicted molar refractivity (Wildman–Crippen MR) is 125 cm³/mol. The summed E-state index contributed by atoms with van der Waals surface area (Å²) in [6.07, 6.45) is 2.70. The number of piperidine rings is 1. The Morgan fingerprint density at radius 2 is 1.62 bits per heavy atom. The molecule has 0 unspecified atom stereocenters. The highest BCUT2D eigenvalue weighted by Gasteiger charge is 2.23. The first-order valence-corrected chi connectivity index (χ1v) is 11.4. The Balaban J connectivity index is 1.29. The normalized spacial score (nSPS) is 14.2. The summed E-state index contributed by atoms with van der Waals surface area (Å²) in [6, 6.07) is 13.8. The van der Waals surface area contributed by atoms with E-state index in [4.69, 9.17) is 9.47 Å². The standard InChI is InChI=1S/C26H34N2O4/c1-19-6-9-23(10-7-19)31-16-4-5-26(30)28-14-12-22(13-15-28)27-25(29)18-32-24-11-8-20(2)21(3)17-24/h6-11,17,22H,4-5,12-16,18H2,1-3H3,(H,27,29). The van der Waals surface area contributed by atoms with E-state index in [-0.39, 0.29) is 24.5 Å². The highest BCUT2D eigenvalue weighted by atomic mass is 16.5. The van der Waals surface area contributed by atoms with Gasteiger partial charge < -0.3 is 19.7 Å². The largest absolute Gasteiger partial charge is 0.494 e. The third-order valence-corrected chi connectivity index (χ3v) is 5.89. The molecule has 2 amide bonds. The SMILES string of the molecule is Cc1ccc(OCCCC(=O)N2CCC(NC(=O)COc3ccc(C)c(C)c3)CC2)cc1. The number of likely N-dealkylation sites (tertiary alicyclic amines) is 1. The number of nitrogens with one attached hydrogen (secondary N) is 1. The highest BCUT2D eigenvalue weighted by Crippen LogP contribution is 2.17. The number of benzene rings is 2. The summed E-state index contributed by atoms with van der Waals surface area (Å²) in [7, 11) is 0. The lowest BCUT2D eigenvalue weighted by atomic mass is 10.0. The fraction of sp³-hybridized carbons (Fsp3) is 0.462. The van der Waals surface area contributed by atoms with E-state index in [1.165, 1.54) is 11.1 Å². The number of carbonyl (C=O) groups excluding carboxylic acids is 2.